The first-order valence-electron chi connectivity index (χ1n) is 9.26. The molecule has 2 heterocycles. The molecule has 6 heteroatoms. The molecule has 2 aliphatic heterocycles. The van der Waals surface area contributed by atoms with Crippen LogP contribution in [0.5, 0.6) is 0 Å². The Morgan fingerprint density at radius 2 is 1.81 bits per heavy atom. The summed E-state index contributed by atoms with van der Waals surface area (Å²) in [6.45, 7) is 4.24. The van der Waals surface area contributed by atoms with Crippen molar-refractivity contribution >= 4 is 17.8 Å². The second-order valence-electron chi connectivity index (χ2n) is 7.53. The van der Waals surface area contributed by atoms with E-state index in [4.69, 9.17) is 5.11 Å². The fourth-order valence-corrected chi connectivity index (χ4v) is 3.87. The Hall–Kier alpha value is -2.37. The number of nitrogens with zero attached hydrogens (tertiary/aromatic N) is 2. The predicted octanol–water partition coefficient (Wildman–Crippen LogP) is 2.06. The average molecular weight is 358 g/mol. The summed E-state index contributed by atoms with van der Waals surface area (Å²) in [6, 6.07) is 8.09. The molecule has 1 aromatic rings. The highest BCUT2D eigenvalue weighted by molar-refractivity contribution is 5.89. The number of carbonyl (C=O) groups excluding carboxylic acids is 2. The maximum absolute atomic E-state index is 12.7. The zero-order valence-corrected chi connectivity index (χ0v) is 15.2. The Bertz CT molecular complexity index is 678. The van der Waals surface area contributed by atoms with Crippen LogP contribution in [0.4, 0.5) is 0 Å². The van der Waals surface area contributed by atoms with Gasteiger partial charge in [-0.05, 0) is 31.2 Å². The van der Waals surface area contributed by atoms with Crippen LogP contribution in [0.3, 0.4) is 0 Å². The van der Waals surface area contributed by atoms with Crippen molar-refractivity contribution in [2.45, 2.75) is 39.2 Å². The van der Waals surface area contributed by atoms with Crippen LogP contribution in [0.1, 0.15) is 36.8 Å². The maximum atomic E-state index is 12.7. The van der Waals surface area contributed by atoms with Gasteiger partial charge in [-0.2, -0.15) is 0 Å². The fourth-order valence-electron chi connectivity index (χ4n) is 3.87. The van der Waals surface area contributed by atoms with Gasteiger partial charge in [-0.15, -0.1) is 0 Å². The number of piperidine rings is 1. The molecule has 2 amide bonds. The number of aryl methyl sites for hydroxylation is 1. The van der Waals surface area contributed by atoms with Crippen molar-refractivity contribution in [1.82, 2.24) is 9.80 Å². The van der Waals surface area contributed by atoms with Gasteiger partial charge in [0.15, 0.2) is 0 Å². The fraction of sp³-hybridized carbons (Fsp3) is 0.550. The van der Waals surface area contributed by atoms with Crippen LogP contribution in [0.2, 0.25) is 0 Å². The molecule has 1 atom stereocenters. The van der Waals surface area contributed by atoms with Gasteiger partial charge in [0.05, 0.1) is 5.92 Å². The quantitative estimate of drug-likeness (QED) is 0.874. The minimum atomic E-state index is -0.775. The highest BCUT2D eigenvalue weighted by Gasteiger charge is 2.37. The van der Waals surface area contributed by atoms with E-state index >= 15 is 0 Å². The van der Waals surface area contributed by atoms with E-state index in [1.165, 1.54) is 5.56 Å². The molecule has 1 aromatic carbocycles. The standard InChI is InChI=1S/C20H26N2O4/c1-14-2-4-16(5-3-14)12-22-13-17(11-18(22)23)20(26)21-8-6-15(7-9-21)10-19(24)25/h2-5,15,17H,6-13H2,1H3,(H,24,25). The van der Waals surface area contributed by atoms with Crippen LogP contribution in [-0.2, 0) is 20.9 Å². The molecule has 0 aliphatic carbocycles. The summed E-state index contributed by atoms with van der Waals surface area (Å²) >= 11 is 0. The van der Waals surface area contributed by atoms with Crippen molar-refractivity contribution in [1.29, 1.82) is 0 Å². The van der Waals surface area contributed by atoms with Crippen molar-refractivity contribution in [3.05, 3.63) is 35.4 Å². The monoisotopic (exact) mass is 358 g/mol. The minimum Gasteiger partial charge on any atom is -0.481 e. The summed E-state index contributed by atoms with van der Waals surface area (Å²) in [6.07, 6.45) is 1.91. The number of hydrogen-bond donors (Lipinski definition) is 1. The predicted molar refractivity (Wildman–Crippen MR) is 96.3 cm³/mol. The van der Waals surface area contributed by atoms with Crippen LogP contribution in [0.25, 0.3) is 0 Å². The lowest BCUT2D eigenvalue weighted by Gasteiger charge is -2.33. The molecule has 2 fully saturated rings. The highest BCUT2D eigenvalue weighted by Crippen LogP contribution is 2.26. The van der Waals surface area contributed by atoms with E-state index in [0.29, 0.717) is 26.2 Å². The topological polar surface area (TPSA) is 77.9 Å². The van der Waals surface area contributed by atoms with Crippen LogP contribution in [0, 0.1) is 18.8 Å². The number of carbonyl (C=O) groups is 3. The molecular formula is C20H26N2O4. The molecule has 2 aliphatic rings. The van der Waals surface area contributed by atoms with Gasteiger partial charge in [-0.3, -0.25) is 14.4 Å². The first kappa shape index (κ1) is 18.4. The summed E-state index contributed by atoms with van der Waals surface area (Å²) in [5, 5.41) is 8.88. The molecule has 0 bridgehead atoms. The zero-order valence-electron chi connectivity index (χ0n) is 15.2. The lowest BCUT2D eigenvalue weighted by molar-refractivity contribution is -0.139. The number of benzene rings is 1. The Labute approximate surface area is 153 Å². The zero-order chi connectivity index (χ0) is 18.7. The molecule has 1 unspecified atom stereocenters. The third-order valence-electron chi connectivity index (χ3n) is 5.45. The minimum absolute atomic E-state index is 0.0321. The molecule has 0 spiro atoms. The maximum Gasteiger partial charge on any atom is 0.303 e. The van der Waals surface area contributed by atoms with E-state index in [2.05, 4.69) is 0 Å². The molecule has 26 heavy (non-hydrogen) atoms. The van der Waals surface area contributed by atoms with Gasteiger partial charge in [0, 0.05) is 39.0 Å². The van der Waals surface area contributed by atoms with E-state index in [-0.39, 0.29) is 36.5 Å². The van der Waals surface area contributed by atoms with Gasteiger partial charge in [-0.25, -0.2) is 0 Å². The first-order valence-corrected chi connectivity index (χ1v) is 9.26. The number of likely N-dealkylation sites (tertiary alicyclic amines) is 2. The molecule has 2 saturated heterocycles. The SMILES string of the molecule is Cc1ccc(CN2CC(C(=O)N3CCC(CC(=O)O)CC3)CC2=O)cc1. The lowest BCUT2D eigenvalue weighted by Crippen LogP contribution is -2.42. The van der Waals surface area contributed by atoms with Crippen molar-refractivity contribution in [2.75, 3.05) is 19.6 Å². The smallest absolute Gasteiger partial charge is 0.303 e. The Morgan fingerprint density at radius 3 is 2.42 bits per heavy atom. The van der Waals surface area contributed by atoms with Crippen molar-refractivity contribution in [2.24, 2.45) is 11.8 Å². The van der Waals surface area contributed by atoms with Crippen LogP contribution in [-0.4, -0.2) is 52.3 Å². The summed E-state index contributed by atoms with van der Waals surface area (Å²) in [5.74, 6) is -0.824. The molecule has 1 N–H and O–H groups in total. The van der Waals surface area contributed by atoms with E-state index in [9.17, 15) is 14.4 Å². The Kier molecular flexibility index (Phi) is 5.59. The summed E-state index contributed by atoms with van der Waals surface area (Å²) < 4.78 is 0. The van der Waals surface area contributed by atoms with Crippen LogP contribution in [0.15, 0.2) is 24.3 Å². The molecule has 3 rings (SSSR count). The van der Waals surface area contributed by atoms with Crippen molar-refractivity contribution < 1.29 is 19.5 Å². The second kappa shape index (κ2) is 7.89. The molecule has 140 valence electrons. The normalized spacial score (nSPS) is 21.3. The van der Waals surface area contributed by atoms with Gasteiger partial charge < -0.3 is 14.9 Å². The molecule has 0 aromatic heterocycles. The molecule has 0 radical (unpaired) electrons. The number of carboxylic acids is 1. The van der Waals surface area contributed by atoms with Gasteiger partial charge in [0.25, 0.3) is 0 Å². The van der Waals surface area contributed by atoms with E-state index < -0.39 is 5.97 Å². The van der Waals surface area contributed by atoms with Gasteiger partial charge >= 0.3 is 5.97 Å². The third-order valence-corrected chi connectivity index (χ3v) is 5.45. The van der Waals surface area contributed by atoms with Crippen LogP contribution >= 0.6 is 0 Å². The summed E-state index contributed by atoms with van der Waals surface area (Å²) in [4.78, 5) is 39.4. The Balaban J connectivity index is 1.52. The van der Waals surface area contributed by atoms with E-state index in [1.807, 2.05) is 36.1 Å². The molecule has 6 nitrogen and oxygen atoms in total. The molecule has 0 saturated carbocycles. The number of carboxylic acid groups (broad SMARTS) is 1. The van der Waals surface area contributed by atoms with Gasteiger partial charge in [-0.1, -0.05) is 29.8 Å². The van der Waals surface area contributed by atoms with Crippen molar-refractivity contribution in [3.8, 4) is 0 Å². The number of rotatable bonds is 5. The second-order valence-corrected chi connectivity index (χ2v) is 7.53. The Morgan fingerprint density at radius 1 is 1.15 bits per heavy atom. The number of amides is 2. The summed E-state index contributed by atoms with van der Waals surface area (Å²) in [5.41, 5.74) is 2.26. The van der Waals surface area contributed by atoms with Gasteiger partial charge in [0.1, 0.15) is 0 Å². The third kappa shape index (κ3) is 4.42. The van der Waals surface area contributed by atoms with Crippen molar-refractivity contribution in [3.63, 3.8) is 0 Å². The number of aliphatic carboxylic acids is 1. The lowest BCUT2D eigenvalue weighted by atomic mass is 9.92. The highest BCUT2D eigenvalue weighted by atomic mass is 16.4. The van der Waals surface area contributed by atoms with Crippen LogP contribution < -0.4 is 0 Å². The molecular weight excluding hydrogens is 332 g/mol. The first-order chi connectivity index (χ1) is 12.4. The van der Waals surface area contributed by atoms with E-state index in [1.54, 1.807) is 4.90 Å². The average Bonchev–Trinajstić information content (AvgIpc) is 2.97. The summed E-state index contributed by atoms with van der Waals surface area (Å²) in [7, 11) is 0. The number of hydrogen-bond acceptors (Lipinski definition) is 3. The largest absolute Gasteiger partial charge is 0.481 e. The van der Waals surface area contributed by atoms with Gasteiger partial charge in [0.2, 0.25) is 11.8 Å². The van der Waals surface area contributed by atoms with E-state index in [0.717, 1.165) is 18.4 Å².